The fourth-order valence-corrected chi connectivity index (χ4v) is 1.31. The van der Waals surface area contributed by atoms with Gasteiger partial charge in [0.1, 0.15) is 6.61 Å². The van der Waals surface area contributed by atoms with E-state index in [0.717, 1.165) is 13.1 Å². The van der Waals surface area contributed by atoms with Gasteiger partial charge in [-0.2, -0.15) is 0 Å². The van der Waals surface area contributed by atoms with Crippen molar-refractivity contribution in [3.05, 3.63) is 0 Å². The summed E-state index contributed by atoms with van der Waals surface area (Å²) in [5, 5.41) is 3.17. The molecule has 1 heterocycles. The van der Waals surface area contributed by atoms with Crippen molar-refractivity contribution in [2.24, 2.45) is 11.8 Å². The van der Waals surface area contributed by atoms with Crippen LogP contribution in [-0.4, -0.2) is 31.6 Å². The molecule has 76 valence electrons. The van der Waals surface area contributed by atoms with Crippen LogP contribution in [0.4, 0.5) is 0 Å². The lowest BCUT2D eigenvalue weighted by molar-refractivity contribution is -0.130. The molecule has 0 saturated carbocycles. The summed E-state index contributed by atoms with van der Waals surface area (Å²) in [4.78, 5) is 11.5. The molecule has 1 N–H and O–H groups in total. The lowest BCUT2D eigenvalue weighted by atomic mass is 9.86. The van der Waals surface area contributed by atoms with Gasteiger partial charge in [0.25, 0.3) is 0 Å². The predicted octanol–water partition coefficient (Wildman–Crippen LogP) is 0.836. The second kappa shape index (κ2) is 4.72. The van der Waals surface area contributed by atoms with Crippen molar-refractivity contribution in [1.29, 1.82) is 0 Å². The summed E-state index contributed by atoms with van der Waals surface area (Å²) in [6.45, 7) is 8.13. The zero-order chi connectivity index (χ0) is 9.84. The molecule has 13 heavy (non-hydrogen) atoms. The molecule has 0 aromatic rings. The van der Waals surface area contributed by atoms with Crippen molar-refractivity contribution in [2.45, 2.75) is 26.9 Å². The molecule has 1 unspecified atom stereocenters. The average molecular weight is 185 g/mol. The first-order chi connectivity index (χ1) is 6.11. The van der Waals surface area contributed by atoms with Crippen LogP contribution in [0, 0.1) is 11.8 Å². The molecule has 0 aliphatic carbocycles. The summed E-state index contributed by atoms with van der Waals surface area (Å²) in [6.07, 6.45) is 0.149. The van der Waals surface area contributed by atoms with E-state index in [9.17, 15) is 4.79 Å². The van der Waals surface area contributed by atoms with Gasteiger partial charge in [-0.15, -0.1) is 0 Å². The molecule has 0 aromatic carbocycles. The lowest BCUT2D eigenvalue weighted by Crippen LogP contribution is -2.48. The molecule has 0 spiro atoms. The quantitative estimate of drug-likeness (QED) is 0.689. The minimum Gasteiger partial charge on any atom is -0.371 e. The Morgan fingerprint density at radius 3 is 2.46 bits per heavy atom. The van der Waals surface area contributed by atoms with Gasteiger partial charge >= 0.3 is 0 Å². The highest BCUT2D eigenvalue weighted by Crippen LogP contribution is 2.16. The van der Waals surface area contributed by atoms with Crippen LogP contribution >= 0.6 is 0 Å². The first-order valence-corrected chi connectivity index (χ1v) is 4.96. The Morgan fingerprint density at radius 2 is 2.08 bits per heavy atom. The number of hydrogen-bond acceptors (Lipinski definition) is 3. The predicted molar refractivity (Wildman–Crippen MR) is 51.6 cm³/mol. The van der Waals surface area contributed by atoms with E-state index in [2.05, 4.69) is 5.32 Å². The third-order valence-corrected chi connectivity index (χ3v) is 2.59. The number of nitrogens with one attached hydrogen (secondary N) is 1. The molecule has 0 aromatic heterocycles. The number of hydrogen-bond donors (Lipinski definition) is 1. The first kappa shape index (κ1) is 10.7. The average Bonchev–Trinajstić information content (AvgIpc) is 1.96. The van der Waals surface area contributed by atoms with Crippen molar-refractivity contribution < 1.29 is 9.53 Å². The molecule has 3 nitrogen and oxygen atoms in total. The van der Waals surface area contributed by atoms with Crippen LogP contribution in [0.25, 0.3) is 0 Å². The van der Waals surface area contributed by atoms with Crippen LogP contribution in [-0.2, 0) is 9.53 Å². The van der Waals surface area contributed by atoms with E-state index in [1.54, 1.807) is 0 Å². The SMILES string of the molecule is CC(C)OCC(=O)C(C)C1CNC1. The maximum Gasteiger partial charge on any atom is 0.161 e. The number of carbonyl (C=O) groups is 1. The van der Waals surface area contributed by atoms with Gasteiger partial charge < -0.3 is 10.1 Å². The van der Waals surface area contributed by atoms with E-state index in [1.807, 2.05) is 20.8 Å². The Morgan fingerprint density at radius 1 is 1.46 bits per heavy atom. The minimum absolute atomic E-state index is 0.149. The van der Waals surface area contributed by atoms with Crippen LogP contribution in [0.1, 0.15) is 20.8 Å². The number of Topliss-reactive ketones (excluding diaryl/α,β-unsaturated/α-hetero) is 1. The Kier molecular flexibility index (Phi) is 3.88. The normalized spacial score (nSPS) is 20.0. The van der Waals surface area contributed by atoms with E-state index >= 15 is 0 Å². The van der Waals surface area contributed by atoms with E-state index in [1.165, 1.54) is 0 Å². The van der Waals surface area contributed by atoms with Crippen molar-refractivity contribution in [1.82, 2.24) is 5.32 Å². The maximum absolute atomic E-state index is 11.5. The van der Waals surface area contributed by atoms with Crippen LogP contribution < -0.4 is 5.32 Å². The molecule has 0 amide bonds. The van der Waals surface area contributed by atoms with E-state index < -0.39 is 0 Å². The van der Waals surface area contributed by atoms with E-state index in [-0.39, 0.29) is 24.4 Å². The van der Waals surface area contributed by atoms with Gasteiger partial charge in [0.15, 0.2) is 5.78 Å². The molecule has 0 bridgehead atoms. The largest absolute Gasteiger partial charge is 0.371 e. The Balaban J connectivity index is 2.21. The highest BCUT2D eigenvalue weighted by atomic mass is 16.5. The highest BCUT2D eigenvalue weighted by Gasteiger charge is 2.28. The van der Waals surface area contributed by atoms with Gasteiger partial charge in [-0.3, -0.25) is 4.79 Å². The highest BCUT2D eigenvalue weighted by molar-refractivity contribution is 5.82. The number of ether oxygens (including phenoxy) is 1. The summed E-state index contributed by atoms with van der Waals surface area (Å²) in [5.74, 6) is 0.920. The standard InChI is InChI=1S/C10H19NO2/c1-7(2)13-6-10(12)8(3)9-4-11-5-9/h7-9,11H,4-6H2,1-3H3. The lowest BCUT2D eigenvalue weighted by Gasteiger charge is -2.31. The summed E-state index contributed by atoms with van der Waals surface area (Å²) < 4.78 is 5.27. The van der Waals surface area contributed by atoms with Crippen molar-refractivity contribution in [2.75, 3.05) is 19.7 Å². The van der Waals surface area contributed by atoms with Crippen molar-refractivity contribution >= 4 is 5.78 Å². The summed E-state index contributed by atoms with van der Waals surface area (Å²) in [6, 6.07) is 0. The second-order valence-electron chi connectivity index (χ2n) is 4.03. The van der Waals surface area contributed by atoms with Crippen LogP contribution in [0.5, 0.6) is 0 Å². The Labute approximate surface area is 79.8 Å². The zero-order valence-corrected chi connectivity index (χ0v) is 8.67. The first-order valence-electron chi connectivity index (χ1n) is 4.96. The third kappa shape index (κ3) is 3.08. The van der Waals surface area contributed by atoms with Gasteiger partial charge in [0, 0.05) is 5.92 Å². The maximum atomic E-state index is 11.5. The van der Waals surface area contributed by atoms with Gasteiger partial charge in [-0.1, -0.05) is 6.92 Å². The second-order valence-corrected chi connectivity index (χ2v) is 4.03. The number of rotatable bonds is 5. The van der Waals surface area contributed by atoms with Gasteiger partial charge in [0.05, 0.1) is 6.10 Å². The molecule has 1 atom stereocenters. The fraction of sp³-hybridized carbons (Fsp3) is 0.900. The molecular formula is C10H19NO2. The molecule has 1 aliphatic rings. The van der Waals surface area contributed by atoms with Crippen molar-refractivity contribution in [3.8, 4) is 0 Å². The molecule has 0 radical (unpaired) electrons. The van der Waals surface area contributed by atoms with Gasteiger partial charge in [-0.25, -0.2) is 0 Å². The van der Waals surface area contributed by atoms with E-state index in [4.69, 9.17) is 4.74 Å². The van der Waals surface area contributed by atoms with Gasteiger partial charge in [-0.05, 0) is 32.9 Å². The van der Waals surface area contributed by atoms with Gasteiger partial charge in [0.2, 0.25) is 0 Å². The monoisotopic (exact) mass is 185 g/mol. The number of carbonyl (C=O) groups excluding carboxylic acids is 1. The molecule has 1 aliphatic heterocycles. The molecule has 1 fully saturated rings. The molecule has 3 heteroatoms. The smallest absolute Gasteiger partial charge is 0.161 e. The zero-order valence-electron chi connectivity index (χ0n) is 8.67. The Bertz CT molecular complexity index is 176. The molecule has 1 rings (SSSR count). The van der Waals surface area contributed by atoms with Crippen LogP contribution in [0.2, 0.25) is 0 Å². The minimum atomic E-state index is 0.149. The van der Waals surface area contributed by atoms with Crippen LogP contribution in [0.3, 0.4) is 0 Å². The van der Waals surface area contributed by atoms with E-state index in [0.29, 0.717) is 5.92 Å². The Hall–Kier alpha value is -0.410. The summed E-state index contributed by atoms with van der Waals surface area (Å²) >= 11 is 0. The van der Waals surface area contributed by atoms with Crippen LogP contribution in [0.15, 0.2) is 0 Å². The molecule has 1 saturated heterocycles. The topological polar surface area (TPSA) is 38.3 Å². The molecular weight excluding hydrogens is 166 g/mol. The third-order valence-electron chi connectivity index (χ3n) is 2.59. The summed E-state index contributed by atoms with van der Waals surface area (Å²) in [5.41, 5.74) is 0. The number of ketones is 1. The van der Waals surface area contributed by atoms with Crippen molar-refractivity contribution in [3.63, 3.8) is 0 Å². The fourth-order valence-electron chi connectivity index (χ4n) is 1.31. The summed E-state index contributed by atoms with van der Waals surface area (Å²) in [7, 11) is 0.